The van der Waals surface area contributed by atoms with Crippen molar-refractivity contribution in [2.24, 2.45) is 5.92 Å². The molecule has 2 rings (SSSR count). The average molecular weight is 249 g/mol. The van der Waals surface area contributed by atoms with Crippen molar-refractivity contribution in [1.29, 1.82) is 0 Å². The quantitative estimate of drug-likeness (QED) is 0.748. The second kappa shape index (κ2) is 6.01. The van der Waals surface area contributed by atoms with Crippen LogP contribution in [0.1, 0.15) is 31.1 Å². The van der Waals surface area contributed by atoms with Gasteiger partial charge in [0.15, 0.2) is 0 Å². The first-order valence-corrected chi connectivity index (χ1v) is 7.15. The van der Waals surface area contributed by atoms with Gasteiger partial charge in [-0.3, -0.25) is 4.79 Å². The summed E-state index contributed by atoms with van der Waals surface area (Å²) in [6.45, 7) is 3.63. The van der Waals surface area contributed by atoms with E-state index in [1.165, 1.54) is 4.88 Å². The Morgan fingerprint density at radius 1 is 1.53 bits per heavy atom. The van der Waals surface area contributed by atoms with Gasteiger partial charge in [0.05, 0.1) is 6.54 Å². The van der Waals surface area contributed by atoms with Gasteiger partial charge in [-0.15, -0.1) is 11.3 Å². The third-order valence-corrected chi connectivity index (χ3v) is 4.10. The van der Waals surface area contributed by atoms with Crippen LogP contribution < -0.4 is 0 Å². The van der Waals surface area contributed by atoms with E-state index < -0.39 is 0 Å². The first-order valence-electron chi connectivity index (χ1n) is 6.27. The van der Waals surface area contributed by atoms with E-state index in [4.69, 9.17) is 0 Å². The number of carbonyl (C=O) groups excluding carboxylic acids is 1. The number of hydrogen-bond acceptors (Lipinski definition) is 2. The molecule has 0 N–H and O–H groups in total. The van der Waals surface area contributed by atoms with Gasteiger partial charge in [0.25, 0.3) is 0 Å². The first-order chi connectivity index (χ1) is 8.31. The Morgan fingerprint density at radius 2 is 2.41 bits per heavy atom. The molecule has 1 aromatic heterocycles. The van der Waals surface area contributed by atoms with Gasteiger partial charge in [-0.05, 0) is 37.6 Å². The highest BCUT2D eigenvalue weighted by molar-refractivity contribution is 7.09. The third-order valence-electron chi connectivity index (χ3n) is 3.24. The minimum atomic E-state index is 0.208. The molecule has 0 aromatic carbocycles. The summed E-state index contributed by atoms with van der Waals surface area (Å²) in [5, 5.41) is 2.07. The van der Waals surface area contributed by atoms with E-state index in [0.29, 0.717) is 5.91 Å². The molecule has 1 aromatic rings. The Balaban J connectivity index is 1.97. The van der Waals surface area contributed by atoms with Gasteiger partial charge < -0.3 is 4.90 Å². The largest absolute Gasteiger partial charge is 0.338 e. The minimum absolute atomic E-state index is 0.208. The lowest BCUT2D eigenvalue weighted by Crippen LogP contribution is -2.35. The van der Waals surface area contributed by atoms with Gasteiger partial charge in [-0.1, -0.05) is 18.2 Å². The number of hydrogen-bond donors (Lipinski definition) is 0. The predicted molar refractivity (Wildman–Crippen MR) is 71.9 cm³/mol. The topological polar surface area (TPSA) is 20.3 Å². The Hall–Kier alpha value is -1.09. The number of thiophene rings is 1. The molecule has 1 heterocycles. The Morgan fingerprint density at radius 3 is 3.00 bits per heavy atom. The monoisotopic (exact) mass is 249 g/mol. The van der Waals surface area contributed by atoms with Crippen LogP contribution in [-0.2, 0) is 11.3 Å². The smallest absolute Gasteiger partial charge is 0.226 e. The zero-order chi connectivity index (χ0) is 12.1. The lowest BCUT2D eigenvalue weighted by molar-refractivity contribution is -0.136. The molecule has 1 unspecified atom stereocenters. The summed E-state index contributed by atoms with van der Waals surface area (Å²) in [5.41, 5.74) is 0. The van der Waals surface area contributed by atoms with E-state index >= 15 is 0 Å². The van der Waals surface area contributed by atoms with Gasteiger partial charge >= 0.3 is 0 Å². The van der Waals surface area contributed by atoms with Crippen molar-refractivity contribution in [2.75, 3.05) is 6.54 Å². The van der Waals surface area contributed by atoms with Gasteiger partial charge in [-0.2, -0.15) is 0 Å². The van der Waals surface area contributed by atoms with Crippen molar-refractivity contribution in [3.8, 4) is 0 Å². The van der Waals surface area contributed by atoms with Gasteiger partial charge in [0.2, 0.25) is 5.91 Å². The lowest BCUT2D eigenvalue weighted by atomic mass is 9.93. The van der Waals surface area contributed by atoms with Gasteiger partial charge in [0.1, 0.15) is 0 Å². The maximum atomic E-state index is 12.4. The highest BCUT2D eigenvalue weighted by atomic mass is 32.1. The van der Waals surface area contributed by atoms with E-state index in [2.05, 4.69) is 30.5 Å². The molecule has 0 radical (unpaired) electrons. The molecule has 0 aliphatic heterocycles. The van der Waals surface area contributed by atoms with Crippen LogP contribution in [0.5, 0.6) is 0 Å². The van der Waals surface area contributed by atoms with Crippen molar-refractivity contribution >= 4 is 17.2 Å². The highest BCUT2D eigenvalue weighted by Crippen LogP contribution is 2.22. The number of nitrogens with zero attached hydrogens (tertiary/aromatic N) is 1. The number of amides is 1. The average Bonchev–Trinajstić information content (AvgIpc) is 2.89. The van der Waals surface area contributed by atoms with Crippen LogP contribution in [0.25, 0.3) is 0 Å². The zero-order valence-electron chi connectivity index (χ0n) is 10.3. The van der Waals surface area contributed by atoms with Crippen molar-refractivity contribution < 1.29 is 4.79 Å². The Labute approximate surface area is 107 Å². The highest BCUT2D eigenvalue weighted by Gasteiger charge is 2.23. The molecule has 3 heteroatoms. The molecule has 1 aliphatic carbocycles. The predicted octanol–water partition coefficient (Wildman–Crippen LogP) is 3.45. The van der Waals surface area contributed by atoms with Crippen LogP contribution in [0.4, 0.5) is 0 Å². The molecule has 1 aliphatic rings. The number of carbonyl (C=O) groups is 1. The van der Waals surface area contributed by atoms with Crippen LogP contribution in [0.3, 0.4) is 0 Å². The Bertz CT molecular complexity index is 383. The lowest BCUT2D eigenvalue weighted by Gasteiger charge is -2.26. The maximum Gasteiger partial charge on any atom is 0.226 e. The number of rotatable bonds is 4. The molecule has 1 atom stereocenters. The SMILES string of the molecule is CCN(Cc1cccs1)C(=O)C1CC=CCC1. The molecule has 0 fully saturated rings. The third kappa shape index (κ3) is 3.19. The first kappa shape index (κ1) is 12.4. The van der Waals surface area contributed by atoms with E-state index in [9.17, 15) is 4.79 Å². The molecule has 0 saturated carbocycles. The van der Waals surface area contributed by atoms with Crippen molar-refractivity contribution in [3.05, 3.63) is 34.5 Å². The summed E-state index contributed by atoms with van der Waals surface area (Å²) < 4.78 is 0. The summed E-state index contributed by atoms with van der Waals surface area (Å²) >= 11 is 1.72. The maximum absolute atomic E-state index is 12.4. The van der Waals surface area contributed by atoms with E-state index in [-0.39, 0.29) is 5.92 Å². The standard InChI is InChI=1S/C14H19NOS/c1-2-15(11-13-9-6-10-17-13)14(16)12-7-4-3-5-8-12/h3-4,6,9-10,12H,2,5,7-8,11H2,1H3. The van der Waals surface area contributed by atoms with Crippen molar-refractivity contribution in [3.63, 3.8) is 0 Å². The second-order valence-electron chi connectivity index (χ2n) is 4.41. The van der Waals surface area contributed by atoms with Crippen LogP contribution in [0.15, 0.2) is 29.7 Å². The second-order valence-corrected chi connectivity index (χ2v) is 5.45. The van der Waals surface area contributed by atoms with E-state index in [1.54, 1.807) is 11.3 Å². The van der Waals surface area contributed by atoms with Crippen molar-refractivity contribution in [2.45, 2.75) is 32.7 Å². The molecule has 0 saturated heterocycles. The molecule has 1 amide bonds. The van der Waals surface area contributed by atoms with Crippen LogP contribution in [-0.4, -0.2) is 17.4 Å². The summed E-state index contributed by atoms with van der Waals surface area (Å²) in [7, 11) is 0. The van der Waals surface area contributed by atoms with E-state index in [1.807, 2.05) is 11.0 Å². The normalized spacial score (nSPS) is 19.2. The molecule has 92 valence electrons. The molecule has 2 nitrogen and oxygen atoms in total. The summed E-state index contributed by atoms with van der Waals surface area (Å²) in [5.74, 6) is 0.533. The fraction of sp³-hybridized carbons (Fsp3) is 0.500. The number of allylic oxidation sites excluding steroid dienone is 2. The summed E-state index contributed by atoms with van der Waals surface area (Å²) in [4.78, 5) is 15.6. The summed E-state index contributed by atoms with van der Waals surface area (Å²) in [6.07, 6.45) is 7.30. The molecule has 0 bridgehead atoms. The molecule has 0 spiro atoms. The zero-order valence-corrected chi connectivity index (χ0v) is 11.1. The minimum Gasteiger partial charge on any atom is -0.338 e. The van der Waals surface area contributed by atoms with E-state index in [0.717, 1.165) is 32.4 Å². The fourth-order valence-electron chi connectivity index (χ4n) is 2.21. The van der Waals surface area contributed by atoms with Crippen LogP contribution in [0.2, 0.25) is 0 Å². The fourth-order valence-corrected chi connectivity index (χ4v) is 2.93. The van der Waals surface area contributed by atoms with Gasteiger partial charge in [0, 0.05) is 17.3 Å². The van der Waals surface area contributed by atoms with Crippen LogP contribution in [0, 0.1) is 5.92 Å². The Kier molecular flexibility index (Phi) is 4.37. The molecule has 17 heavy (non-hydrogen) atoms. The van der Waals surface area contributed by atoms with Crippen LogP contribution >= 0.6 is 11.3 Å². The molecular formula is C14H19NOS. The molecular weight excluding hydrogens is 230 g/mol. The summed E-state index contributed by atoms with van der Waals surface area (Å²) in [6, 6.07) is 4.14. The van der Waals surface area contributed by atoms with Crippen molar-refractivity contribution in [1.82, 2.24) is 4.90 Å². The van der Waals surface area contributed by atoms with Gasteiger partial charge in [-0.25, -0.2) is 0 Å².